The second-order valence-corrected chi connectivity index (χ2v) is 6.73. The lowest BCUT2D eigenvalue weighted by Gasteiger charge is -2.28. The Morgan fingerprint density at radius 3 is 2.74 bits per heavy atom. The number of hydrogen-bond acceptors (Lipinski definition) is 5. The van der Waals surface area contributed by atoms with Crippen LogP contribution in [-0.2, 0) is 6.42 Å². The zero-order chi connectivity index (χ0) is 19.0. The number of hydrogen-bond donors (Lipinski definition) is 3. The molecule has 0 fully saturated rings. The molecule has 7 heteroatoms. The van der Waals surface area contributed by atoms with Gasteiger partial charge >= 0.3 is 0 Å². The van der Waals surface area contributed by atoms with Crippen LogP contribution in [0.1, 0.15) is 22.7 Å². The fraction of sp³-hybridized carbons (Fsp3) is 0.200. The molecule has 6 nitrogen and oxygen atoms in total. The summed E-state index contributed by atoms with van der Waals surface area (Å²) in [6, 6.07) is 14.7. The molecule has 0 saturated carbocycles. The van der Waals surface area contributed by atoms with Crippen molar-refractivity contribution in [1.29, 1.82) is 0 Å². The van der Waals surface area contributed by atoms with E-state index in [0.717, 1.165) is 17.5 Å². The molecule has 2 heterocycles. The van der Waals surface area contributed by atoms with Gasteiger partial charge in [-0.25, -0.2) is 0 Å². The van der Waals surface area contributed by atoms with Crippen molar-refractivity contribution in [2.24, 2.45) is 0 Å². The summed E-state index contributed by atoms with van der Waals surface area (Å²) in [7, 11) is 1.55. The first-order chi connectivity index (χ1) is 13.1. The van der Waals surface area contributed by atoms with Crippen LogP contribution in [0.2, 0.25) is 0 Å². The van der Waals surface area contributed by atoms with E-state index in [1.807, 2.05) is 36.4 Å². The minimum atomic E-state index is -0.421. The van der Waals surface area contributed by atoms with Crippen LogP contribution in [0.4, 0.5) is 0 Å². The minimum absolute atomic E-state index is 0.106. The van der Waals surface area contributed by atoms with Crippen molar-refractivity contribution in [2.45, 2.75) is 12.5 Å². The third kappa shape index (κ3) is 2.94. The summed E-state index contributed by atoms with van der Waals surface area (Å²) in [5, 5.41) is 14.4. The summed E-state index contributed by atoms with van der Waals surface area (Å²) >= 11 is 5.33. The molecule has 138 valence electrons. The van der Waals surface area contributed by atoms with E-state index in [0.29, 0.717) is 18.0 Å². The van der Waals surface area contributed by atoms with Gasteiger partial charge in [0.2, 0.25) is 5.88 Å². The first-order valence-electron chi connectivity index (χ1n) is 8.64. The third-order valence-electron chi connectivity index (χ3n) is 4.84. The Morgan fingerprint density at radius 2 is 1.93 bits per heavy atom. The number of ether oxygens (including phenoxy) is 1. The maximum Gasteiger partial charge on any atom is 0.260 e. The predicted molar refractivity (Wildman–Crippen MR) is 105 cm³/mol. The Labute approximate surface area is 161 Å². The molecule has 0 spiro atoms. The molecule has 1 aromatic heterocycles. The Hall–Kier alpha value is -2.90. The van der Waals surface area contributed by atoms with Crippen molar-refractivity contribution in [2.75, 3.05) is 13.7 Å². The number of aromatic nitrogens is 2. The van der Waals surface area contributed by atoms with Crippen molar-refractivity contribution in [1.82, 2.24) is 14.9 Å². The molecule has 3 N–H and O–H groups in total. The molecule has 27 heavy (non-hydrogen) atoms. The summed E-state index contributed by atoms with van der Waals surface area (Å²) < 4.78 is 6.94. The molecule has 0 unspecified atom stereocenters. The molecule has 1 aliphatic heterocycles. The quantitative estimate of drug-likeness (QED) is 0.608. The second kappa shape index (κ2) is 7.02. The van der Waals surface area contributed by atoms with E-state index in [1.165, 1.54) is 4.57 Å². The van der Waals surface area contributed by atoms with Crippen LogP contribution in [0.3, 0.4) is 0 Å². The fourth-order valence-electron chi connectivity index (χ4n) is 3.60. The predicted octanol–water partition coefficient (Wildman–Crippen LogP) is 2.84. The Kier molecular flexibility index (Phi) is 4.55. The van der Waals surface area contributed by atoms with Gasteiger partial charge in [0, 0.05) is 6.54 Å². The molecule has 1 atom stereocenters. The average molecular weight is 381 g/mol. The van der Waals surface area contributed by atoms with Crippen molar-refractivity contribution >= 4 is 12.2 Å². The summed E-state index contributed by atoms with van der Waals surface area (Å²) in [6.07, 6.45) is 0.872. The number of nitrogens with one attached hydrogen (secondary N) is 2. The third-order valence-corrected chi connectivity index (χ3v) is 5.13. The first kappa shape index (κ1) is 17.5. The van der Waals surface area contributed by atoms with E-state index in [2.05, 4.69) is 10.3 Å². The van der Waals surface area contributed by atoms with E-state index >= 15 is 0 Å². The van der Waals surface area contributed by atoms with Crippen molar-refractivity contribution in [3.63, 3.8) is 0 Å². The van der Waals surface area contributed by atoms with Gasteiger partial charge < -0.3 is 15.2 Å². The van der Waals surface area contributed by atoms with E-state index in [-0.39, 0.29) is 16.2 Å². The number of nitrogens with zero attached hydrogens (tertiary/aromatic N) is 1. The number of aromatic amines is 1. The fourth-order valence-corrected chi connectivity index (χ4v) is 3.88. The molecule has 1 aliphatic rings. The molecule has 0 aliphatic carbocycles. The summed E-state index contributed by atoms with van der Waals surface area (Å²) in [5.74, 6) is 0.348. The topological polar surface area (TPSA) is 79.3 Å². The van der Waals surface area contributed by atoms with E-state index < -0.39 is 11.6 Å². The highest BCUT2D eigenvalue weighted by Crippen LogP contribution is 2.34. The van der Waals surface area contributed by atoms with E-state index in [4.69, 9.17) is 17.0 Å². The molecular formula is C20H19N3O3S. The standard InChI is InChI=1S/C20H19N3O3S/c1-26-15-9-5-4-8-14(15)23-19(25)16(18(24)22-20(23)27)17-13-7-3-2-6-12(13)10-11-21-17/h2-9,17,21,25H,10-11H2,1H3,(H,22,24,27)/t17-/m1/s1. The van der Waals surface area contributed by atoms with Gasteiger partial charge in [0.15, 0.2) is 4.77 Å². The lowest BCUT2D eigenvalue weighted by atomic mass is 9.90. The molecular weight excluding hydrogens is 362 g/mol. The zero-order valence-electron chi connectivity index (χ0n) is 14.7. The maximum atomic E-state index is 12.7. The summed E-state index contributed by atoms with van der Waals surface area (Å²) in [4.78, 5) is 15.4. The number of aromatic hydroxyl groups is 1. The lowest BCUT2D eigenvalue weighted by Crippen LogP contribution is -2.35. The number of H-pyrrole nitrogens is 1. The normalized spacial score (nSPS) is 16.0. The number of para-hydroxylation sites is 2. The van der Waals surface area contributed by atoms with E-state index in [1.54, 1.807) is 19.2 Å². The maximum absolute atomic E-state index is 12.7. The second-order valence-electron chi connectivity index (χ2n) is 6.34. The SMILES string of the molecule is COc1ccccc1-n1c(O)c([C@@H]2NCCc3ccccc32)c(=O)[nH]c1=S. The highest BCUT2D eigenvalue weighted by molar-refractivity contribution is 7.71. The van der Waals surface area contributed by atoms with Gasteiger partial charge in [-0.2, -0.15) is 0 Å². The largest absolute Gasteiger partial charge is 0.495 e. The summed E-state index contributed by atoms with van der Waals surface area (Å²) in [5.41, 5.74) is 2.53. The van der Waals surface area contributed by atoms with Gasteiger partial charge in [0.1, 0.15) is 5.75 Å². The molecule has 0 bridgehead atoms. The van der Waals surface area contributed by atoms with Gasteiger partial charge in [-0.3, -0.25) is 14.3 Å². The van der Waals surface area contributed by atoms with Gasteiger partial charge in [-0.1, -0.05) is 36.4 Å². The highest BCUT2D eigenvalue weighted by atomic mass is 32.1. The smallest absolute Gasteiger partial charge is 0.260 e. The molecule has 0 radical (unpaired) electrons. The van der Waals surface area contributed by atoms with Gasteiger partial charge in [-0.05, 0) is 41.9 Å². The van der Waals surface area contributed by atoms with Crippen LogP contribution >= 0.6 is 12.2 Å². The molecule has 3 aromatic rings. The van der Waals surface area contributed by atoms with Crippen molar-refractivity contribution < 1.29 is 9.84 Å². The number of rotatable bonds is 3. The van der Waals surface area contributed by atoms with Crippen LogP contribution in [0.15, 0.2) is 53.3 Å². The van der Waals surface area contributed by atoms with Gasteiger partial charge in [0.05, 0.1) is 24.4 Å². The average Bonchev–Trinajstić information content (AvgIpc) is 2.68. The van der Waals surface area contributed by atoms with Crippen molar-refractivity contribution in [3.05, 3.63) is 80.3 Å². The Bertz CT molecular complexity index is 1120. The van der Waals surface area contributed by atoms with Gasteiger partial charge in [0.25, 0.3) is 5.56 Å². The van der Waals surface area contributed by atoms with Crippen LogP contribution in [-0.4, -0.2) is 28.3 Å². The van der Waals surface area contributed by atoms with Crippen molar-refractivity contribution in [3.8, 4) is 17.3 Å². The zero-order valence-corrected chi connectivity index (χ0v) is 15.5. The molecule has 0 amide bonds. The number of fused-ring (bicyclic) bond motifs is 1. The minimum Gasteiger partial charge on any atom is -0.495 e. The first-order valence-corrected chi connectivity index (χ1v) is 9.05. The Balaban J connectivity index is 1.97. The van der Waals surface area contributed by atoms with Crippen LogP contribution < -0.4 is 15.6 Å². The molecule has 2 aromatic carbocycles. The number of benzene rings is 2. The van der Waals surface area contributed by atoms with Crippen LogP contribution in [0.5, 0.6) is 11.6 Å². The van der Waals surface area contributed by atoms with Crippen LogP contribution in [0.25, 0.3) is 5.69 Å². The molecule has 0 saturated heterocycles. The van der Waals surface area contributed by atoms with Crippen LogP contribution in [0, 0.1) is 4.77 Å². The van der Waals surface area contributed by atoms with E-state index in [9.17, 15) is 9.90 Å². The van der Waals surface area contributed by atoms with Gasteiger partial charge in [-0.15, -0.1) is 0 Å². The Morgan fingerprint density at radius 1 is 1.19 bits per heavy atom. The monoisotopic (exact) mass is 381 g/mol. The number of methoxy groups -OCH3 is 1. The highest BCUT2D eigenvalue weighted by Gasteiger charge is 2.28. The summed E-state index contributed by atoms with van der Waals surface area (Å²) in [6.45, 7) is 0.713. The lowest BCUT2D eigenvalue weighted by molar-refractivity contribution is 0.396. The molecule has 4 rings (SSSR count).